The molecule has 0 saturated heterocycles. The van der Waals surface area contributed by atoms with Crippen LogP contribution in [-0.2, 0) is 13.1 Å². The molecule has 0 aliphatic heterocycles. The zero-order chi connectivity index (χ0) is 24.4. The summed E-state index contributed by atoms with van der Waals surface area (Å²) in [6.45, 7) is 6.01. The van der Waals surface area contributed by atoms with Crippen molar-refractivity contribution in [2.75, 3.05) is 7.05 Å². The van der Waals surface area contributed by atoms with E-state index in [1.807, 2.05) is 72.4 Å². The summed E-state index contributed by atoms with van der Waals surface area (Å²) in [6, 6.07) is 17.6. The average molecular weight is 475 g/mol. The summed E-state index contributed by atoms with van der Waals surface area (Å²) in [7, 11) is 1.76. The Labute approximate surface area is 204 Å². The summed E-state index contributed by atoms with van der Waals surface area (Å²) in [5, 5.41) is 5.52. The second-order valence-corrected chi connectivity index (χ2v) is 8.91. The number of rotatable bonds is 7. The largest absolute Gasteiger partial charge is 0.354 e. The lowest BCUT2D eigenvalue weighted by Crippen LogP contribution is -2.27. The molecule has 7 heteroatoms. The van der Waals surface area contributed by atoms with Crippen LogP contribution in [0.1, 0.15) is 50.2 Å². The number of amides is 1. The first kappa shape index (κ1) is 23.5. The molecule has 174 valence electrons. The number of nitrogens with one attached hydrogen (secondary N) is 1. The van der Waals surface area contributed by atoms with Gasteiger partial charge in [-0.15, -0.1) is 0 Å². The van der Waals surface area contributed by atoms with E-state index in [0.717, 1.165) is 22.4 Å². The van der Waals surface area contributed by atoms with Gasteiger partial charge in [0.1, 0.15) is 5.69 Å². The number of carbonyl (C=O) groups excluding carboxylic acids is 2. The van der Waals surface area contributed by atoms with Crippen molar-refractivity contribution >= 4 is 23.3 Å². The highest BCUT2D eigenvalue weighted by atomic mass is 35.5. The topological polar surface area (TPSA) is 71.0 Å². The molecule has 0 spiro atoms. The van der Waals surface area contributed by atoms with Crippen LogP contribution in [0.5, 0.6) is 0 Å². The number of aromatic amines is 1. The number of nitrogens with zero attached hydrogens (tertiary/aromatic N) is 3. The molecule has 2 heterocycles. The van der Waals surface area contributed by atoms with Gasteiger partial charge in [-0.2, -0.15) is 5.10 Å². The molecule has 0 bridgehead atoms. The molecule has 4 aromatic rings. The van der Waals surface area contributed by atoms with Crippen molar-refractivity contribution in [2.24, 2.45) is 0 Å². The van der Waals surface area contributed by atoms with Gasteiger partial charge in [0, 0.05) is 47.2 Å². The van der Waals surface area contributed by atoms with Crippen molar-refractivity contribution in [3.05, 3.63) is 99.5 Å². The molecule has 4 rings (SSSR count). The van der Waals surface area contributed by atoms with Gasteiger partial charge in [0.05, 0.1) is 12.2 Å². The third kappa shape index (κ3) is 4.68. The minimum atomic E-state index is -0.175. The monoisotopic (exact) mass is 474 g/mol. The van der Waals surface area contributed by atoms with Gasteiger partial charge in [0.15, 0.2) is 5.78 Å². The number of halogens is 1. The maximum atomic E-state index is 13.3. The van der Waals surface area contributed by atoms with E-state index in [1.54, 1.807) is 18.9 Å². The van der Waals surface area contributed by atoms with Gasteiger partial charge >= 0.3 is 0 Å². The van der Waals surface area contributed by atoms with Crippen molar-refractivity contribution in [1.29, 1.82) is 0 Å². The number of benzene rings is 2. The minimum Gasteiger partial charge on any atom is -0.354 e. The normalized spacial score (nSPS) is 11.0. The van der Waals surface area contributed by atoms with Gasteiger partial charge in [0.25, 0.3) is 5.91 Å². The lowest BCUT2D eigenvalue weighted by molar-refractivity contribution is 0.0779. The Morgan fingerprint density at radius 1 is 1.03 bits per heavy atom. The molecule has 2 aromatic heterocycles. The Morgan fingerprint density at radius 2 is 1.71 bits per heavy atom. The van der Waals surface area contributed by atoms with Crippen molar-refractivity contribution in [2.45, 2.75) is 33.9 Å². The lowest BCUT2D eigenvalue weighted by Gasteiger charge is -2.17. The Kier molecular flexibility index (Phi) is 6.70. The fraction of sp³-hybridized carbons (Fsp3) is 0.222. The molecule has 0 aliphatic carbocycles. The SMILES string of the molecule is CC(=O)c1c(C)[nH]c(C(=O)N(C)Cc2cn(Cc3ccccc3Cl)nc2-c2ccccc2)c1C. The molecular formula is C27H27ClN4O2. The quantitative estimate of drug-likeness (QED) is 0.351. The Balaban J connectivity index is 1.66. The molecule has 0 radical (unpaired) electrons. The average Bonchev–Trinajstić information content (AvgIpc) is 3.34. The van der Waals surface area contributed by atoms with E-state index in [1.165, 1.54) is 6.92 Å². The summed E-state index contributed by atoms with van der Waals surface area (Å²) in [6.07, 6.45) is 1.96. The second-order valence-electron chi connectivity index (χ2n) is 8.50. The van der Waals surface area contributed by atoms with Crippen molar-refractivity contribution in [3.63, 3.8) is 0 Å². The fourth-order valence-corrected chi connectivity index (χ4v) is 4.51. The van der Waals surface area contributed by atoms with Crippen LogP contribution >= 0.6 is 11.6 Å². The first-order valence-corrected chi connectivity index (χ1v) is 11.4. The number of H-pyrrole nitrogens is 1. The highest BCUT2D eigenvalue weighted by molar-refractivity contribution is 6.31. The molecular weight excluding hydrogens is 448 g/mol. The van der Waals surface area contributed by atoms with E-state index < -0.39 is 0 Å². The minimum absolute atomic E-state index is 0.0554. The number of Topliss-reactive ketones (excluding diaryl/α,β-unsaturated/α-hetero) is 1. The van der Waals surface area contributed by atoms with Gasteiger partial charge in [-0.1, -0.05) is 60.1 Å². The molecule has 0 fully saturated rings. The Morgan fingerprint density at radius 3 is 2.35 bits per heavy atom. The summed E-state index contributed by atoms with van der Waals surface area (Å²) in [4.78, 5) is 30.0. The predicted octanol–water partition coefficient (Wildman–Crippen LogP) is 5.67. The number of aromatic nitrogens is 3. The van der Waals surface area contributed by atoms with Gasteiger partial charge < -0.3 is 9.88 Å². The Bertz CT molecular complexity index is 1350. The van der Waals surface area contributed by atoms with Gasteiger partial charge in [-0.05, 0) is 38.0 Å². The van der Waals surface area contributed by atoms with E-state index in [9.17, 15) is 9.59 Å². The number of hydrogen-bond donors (Lipinski definition) is 1. The summed E-state index contributed by atoms with van der Waals surface area (Å²) in [5.41, 5.74) is 6.08. The van der Waals surface area contributed by atoms with Crippen LogP contribution in [0.4, 0.5) is 0 Å². The highest BCUT2D eigenvalue weighted by Crippen LogP contribution is 2.26. The molecule has 6 nitrogen and oxygen atoms in total. The standard InChI is InChI=1S/C27H27ClN4O2/c1-17-24(19(3)33)18(2)29-25(17)27(34)31(4)14-22-16-32(15-21-12-8-9-13-23(21)28)30-26(22)20-10-6-5-7-11-20/h5-13,16,29H,14-15H2,1-4H3. The number of carbonyl (C=O) groups is 2. The van der Waals surface area contributed by atoms with E-state index in [4.69, 9.17) is 16.7 Å². The molecule has 2 aromatic carbocycles. The van der Waals surface area contributed by atoms with Crippen LogP contribution in [-0.4, -0.2) is 38.4 Å². The van der Waals surface area contributed by atoms with Gasteiger partial charge in [-0.3, -0.25) is 14.3 Å². The van der Waals surface area contributed by atoms with Gasteiger partial charge in [0.2, 0.25) is 0 Å². The number of hydrogen-bond acceptors (Lipinski definition) is 3. The first-order chi connectivity index (χ1) is 16.3. The van der Waals surface area contributed by atoms with Crippen LogP contribution in [0, 0.1) is 13.8 Å². The van der Waals surface area contributed by atoms with E-state index in [0.29, 0.717) is 40.6 Å². The zero-order valence-corrected chi connectivity index (χ0v) is 20.5. The summed E-state index contributed by atoms with van der Waals surface area (Å²) in [5.74, 6) is -0.230. The first-order valence-electron chi connectivity index (χ1n) is 11.1. The maximum absolute atomic E-state index is 13.3. The zero-order valence-electron chi connectivity index (χ0n) is 19.7. The molecule has 1 N–H and O–H groups in total. The number of aryl methyl sites for hydroxylation is 1. The highest BCUT2D eigenvalue weighted by Gasteiger charge is 2.23. The van der Waals surface area contributed by atoms with Crippen LogP contribution in [0.2, 0.25) is 5.02 Å². The fourth-order valence-electron chi connectivity index (χ4n) is 4.31. The smallest absolute Gasteiger partial charge is 0.270 e. The molecule has 1 amide bonds. The third-order valence-electron chi connectivity index (χ3n) is 5.93. The van der Waals surface area contributed by atoms with E-state index >= 15 is 0 Å². The van der Waals surface area contributed by atoms with Crippen LogP contribution in [0.3, 0.4) is 0 Å². The van der Waals surface area contributed by atoms with Crippen molar-refractivity contribution < 1.29 is 9.59 Å². The molecule has 0 unspecified atom stereocenters. The van der Waals surface area contributed by atoms with E-state index in [-0.39, 0.29) is 11.7 Å². The second kappa shape index (κ2) is 9.69. The van der Waals surface area contributed by atoms with Crippen LogP contribution in [0.25, 0.3) is 11.3 Å². The van der Waals surface area contributed by atoms with Crippen molar-refractivity contribution in [3.8, 4) is 11.3 Å². The molecule has 34 heavy (non-hydrogen) atoms. The summed E-state index contributed by atoms with van der Waals surface area (Å²) >= 11 is 6.36. The van der Waals surface area contributed by atoms with Gasteiger partial charge in [-0.25, -0.2) is 0 Å². The lowest BCUT2D eigenvalue weighted by atomic mass is 10.1. The summed E-state index contributed by atoms with van der Waals surface area (Å²) < 4.78 is 1.86. The van der Waals surface area contributed by atoms with Crippen LogP contribution < -0.4 is 0 Å². The predicted molar refractivity (Wildman–Crippen MR) is 134 cm³/mol. The van der Waals surface area contributed by atoms with Crippen LogP contribution in [0.15, 0.2) is 60.8 Å². The molecule has 0 atom stereocenters. The number of ketones is 1. The molecule has 0 saturated carbocycles. The third-order valence-corrected chi connectivity index (χ3v) is 6.30. The van der Waals surface area contributed by atoms with E-state index in [2.05, 4.69) is 4.98 Å². The molecule has 0 aliphatic rings. The van der Waals surface area contributed by atoms with Crippen molar-refractivity contribution in [1.82, 2.24) is 19.7 Å². The Hall–Kier alpha value is -3.64. The maximum Gasteiger partial charge on any atom is 0.270 e.